The SMILES string of the molecule is Cc1ccc2nc(NC(=O)Cc3coc4ccc5ccccc5c34)sc2c1. The Kier molecular flexibility index (Phi) is 3.69. The highest BCUT2D eigenvalue weighted by Crippen LogP contribution is 2.31. The molecule has 1 N–H and O–H groups in total. The van der Waals surface area contributed by atoms with Gasteiger partial charge in [-0.1, -0.05) is 47.7 Å². The number of carbonyl (C=O) groups excluding carboxylic acids is 1. The second-order valence-electron chi connectivity index (χ2n) is 6.64. The first-order valence-electron chi connectivity index (χ1n) is 8.72. The highest BCUT2D eigenvalue weighted by Gasteiger charge is 2.14. The van der Waals surface area contributed by atoms with E-state index in [-0.39, 0.29) is 12.3 Å². The van der Waals surface area contributed by atoms with Crippen LogP contribution in [-0.4, -0.2) is 10.9 Å². The van der Waals surface area contributed by atoms with E-state index in [4.69, 9.17) is 4.42 Å². The summed E-state index contributed by atoms with van der Waals surface area (Å²) in [5.74, 6) is -0.0959. The zero-order valence-electron chi connectivity index (χ0n) is 14.7. The standard InChI is InChI=1S/C22H16N2O2S/c1-13-6-8-17-19(10-13)27-22(23-17)24-20(25)11-15-12-26-18-9-7-14-4-2-3-5-16(14)21(15)18/h2-10,12H,11H2,1H3,(H,23,24,25). The highest BCUT2D eigenvalue weighted by molar-refractivity contribution is 7.22. The second kappa shape index (κ2) is 6.21. The van der Waals surface area contributed by atoms with Gasteiger partial charge in [-0.05, 0) is 41.5 Å². The molecular weight excluding hydrogens is 356 g/mol. The van der Waals surface area contributed by atoms with Gasteiger partial charge < -0.3 is 9.73 Å². The minimum absolute atomic E-state index is 0.0959. The number of amides is 1. The van der Waals surface area contributed by atoms with E-state index in [1.165, 1.54) is 16.9 Å². The van der Waals surface area contributed by atoms with Gasteiger partial charge in [0.15, 0.2) is 5.13 Å². The summed E-state index contributed by atoms with van der Waals surface area (Å²) in [7, 11) is 0. The third-order valence-electron chi connectivity index (χ3n) is 4.68. The topological polar surface area (TPSA) is 55.1 Å². The smallest absolute Gasteiger partial charge is 0.230 e. The van der Waals surface area contributed by atoms with E-state index in [1.54, 1.807) is 6.26 Å². The summed E-state index contributed by atoms with van der Waals surface area (Å²) in [6, 6.07) is 18.2. The van der Waals surface area contributed by atoms with Crippen LogP contribution < -0.4 is 5.32 Å². The number of benzene rings is 3. The molecule has 0 fully saturated rings. The summed E-state index contributed by atoms with van der Waals surface area (Å²) < 4.78 is 6.75. The van der Waals surface area contributed by atoms with Gasteiger partial charge in [-0.2, -0.15) is 0 Å². The minimum Gasteiger partial charge on any atom is -0.464 e. The number of carbonyl (C=O) groups is 1. The number of nitrogens with one attached hydrogen (secondary N) is 1. The number of furan rings is 1. The molecular formula is C22H16N2O2S. The van der Waals surface area contributed by atoms with Crippen molar-refractivity contribution in [2.75, 3.05) is 5.32 Å². The Bertz CT molecular complexity index is 1320. The van der Waals surface area contributed by atoms with Crippen LogP contribution in [0.3, 0.4) is 0 Å². The summed E-state index contributed by atoms with van der Waals surface area (Å²) in [6.07, 6.45) is 1.92. The van der Waals surface area contributed by atoms with Crippen LogP contribution in [0.25, 0.3) is 32.0 Å². The van der Waals surface area contributed by atoms with E-state index < -0.39 is 0 Å². The first-order valence-corrected chi connectivity index (χ1v) is 9.54. The van der Waals surface area contributed by atoms with Crippen LogP contribution in [0.15, 0.2) is 65.3 Å². The normalized spacial score (nSPS) is 11.4. The summed E-state index contributed by atoms with van der Waals surface area (Å²) in [5.41, 5.74) is 3.77. The molecule has 0 aliphatic heterocycles. The molecule has 3 aromatic carbocycles. The van der Waals surface area contributed by atoms with Gasteiger partial charge in [-0.15, -0.1) is 0 Å². The lowest BCUT2D eigenvalue weighted by Gasteiger charge is -2.03. The van der Waals surface area contributed by atoms with Crippen LogP contribution in [-0.2, 0) is 11.2 Å². The number of aryl methyl sites for hydroxylation is 1. The van der Waals surface area contributed by atoms with Gasteiger partial charge in [0, 0.05) is 10.9 Å². The van der Waals surface area contributed by atoms with Gasteiger partial charge in [0.25, 0.3) is 0 Å². The summed E-state index contributed by atoms with van der Waals surface area (Å²) in [6.45, 7) is 2.05. The molecule has 5 heteroatoms. The molecule has 0 spiro atoms. The molecule has 0 saturated heterocycles. The molecule has 0 bridgehead atoms. The lowest BCUT2D eigenvalue weighted by Crippen LogP contribution is -2.13. The molecule has 0 radical (unpaired) electrons. The van der Waals surface area contributed by atoms with Crippen molar-refractivity contribution in [1.82, 2.24) is 4.98 Å². The van der Waals surface area contributed by atoms with Crippen LogP contribution in [0.2, 0.25) is 0 Å². The van der Waals surface area contributed by atoms with E-state index >= 15 is 0 Å². The van der Waals surface area contributed by atoms with Crippen molar-refractivity contribution in [3.05, 3.63) is 72.0 Å². The Morgan fingerprint density at radius 3 is 2.96 bits per heavy atom. The molecule has 0 saturated carbocycles. The summed E-state index contributed by atoms with van der Waals surface area (Å²) in [4.78, 5) is 17.1. The van der Waals surface area contributed by atoms with E-state index in [9.17, 15) is 4.79 Å². The maximum absolute atomic E-state index is 12.6. The third kappa shape index (κ3) is 2.86. The predicted molar refractivity (Wildman–Crippen MR) is 110 cm³/mol. The first-order chi connectivity index (χ1) is 13.2. The van der Waals surface area contributed by atoms with Crippen molar-refractivity contribution in [3.8, 4) is 0 Å². The number of fused-ring (bicyclic) bond motifs is 4. The molecule has 5 rings (SSSR count). The molecule has 0 atom stereocenters. The van der Waals surface area contributed by atoms with Crippen molar-refractivity contribution >= 4 is 54.3 Å². The maximum Gasteiger partial charge on any atom is 0.230 e. The monoisotopic (exact) mass is 372 g/mol. The van der Waals surface area contributed by atoms with Crippen LogP contribution in [0.4, 0.5) is 5.13 Å². The van der Waals surface area contributed by atoms with E-state index in [0.717, 1.165) is 37.5 Å². The molecule has 5 aromatic rings. The fourth-order valence-electron chi connectivity index (χ4n) is 3.43. The van der Waals surface area contributed by atoms with Crippen LogP contribution >= 0.6 is 11.3 Å². The Balaban J connectivity index is 1.45. The molecule has 4 nitrogen and oxygen atoms in total. The van der Waals surface area contributed by atoms with Gasteiger partial charge >= 0.3 is 0 Å². The van der Waals surface area contributed by atoms with Crippen molar-refractivity contribution in [2.45, 2.75) is 13.3 Å². The number of anilines is 1. The number of hydrogen-bond donors (Lipinski definition) is 1. The van der Waals surface area contributed by atoms with Crippen LogP contribution in [0.1, 0.15) is 11.1 Å². The molecule has 27 heavy (non-hydrogen) atoms. The number of hydrogen-bond acceptors (Lipinski definition) is 4. The number of aromatic nitrogens is 1. The quantitative estimate of drug-likeness (QED) is 0.443. The zero-order chi connectivity index (χ0) is 18.4. The molecule has 0 unspecified atom stereocenters. The summed E-state index contributed by atoms with van der Waals surface area (Å²) >= 11 is 1.49. The van der Waals surface area contributed by atoms with Crippen molar-refractivity contribution in [3.63, 3.8) is 0 Å². The van der Waals surface area contributed by atoms with Gasteiger partial charge in [-0.3, -0.25) is 4.79 Å². The van der Waals surface area contributed by atoms with Crippen LogP contribution in [0, 0.1) is 6.92 Å². The lowest BCUT2D eigenvalue weighted by atomic mass is 10.0. The first kappa shape index (κ1) is 16.0. The second-order valence-corrected chi connectivity index (χ2v) is 7.67. The maximum atomic E-state index is 12.6. The van der Waals surface area contributed by atoms with Crippen LogP contribution in [0.5, 0.6) is 0 Å². The van der Waals surface area contributed by atoms with Gasteiger partial charge in [0.05, 0.1) is 22.9 Å². The third-order valence-corrected chi connectivity index (χ3v) is 5.61. The largest absolute Gasteiger partial charge is 0.464 e. The average Bonchev–Trinajstić information content (AvgIpc) is 3.25. The zero-order valence-corrected chi connectivity index (χ0v) is 15.5. The molecule has 0 aliphatic rings. The highest BCUT2D eigenvalue weighted by atomic mass is 32.1. The average molecular weight is 372 g/mol. The number of thiazole rings is 1. The number of rotatable bonds is 3. The Labute approximate surface area is 159 Å². The van der Waals surface area contributed by atoms with Crippen molar-refractivity contribution in [2.24, 2.45) is 0 Å². The fourth-order valence-corrected chi connectivity index (χ4v) is 4.41. The predicted octanol–water partition coefficient (Wildman–Crippen LogP) is 5.69. The van der Waals surface area contributed by atoms with Gasteiger partial charge in [0.1, 0.15) is 5.58 Å². The molecule has 2 aromatic heterocycles. The fraction of sp³-hybridized carbons (Fsp3) is 0.0909. The van der Waals surface area contributed by atoms with E-state index in [2.05, 4.69) is 28.5 Å². The number of nitrogens with zero attached hydrogens (tertiary/aromatic N) is 1. The van der Waals surface area contributed by atoms with Crippen molar-refractivity contribution in [1.29, 1.82) is 0 Å². The summed E-state index contributed by atoms with van der Waals surface area (Å²) in [5, 5.41) is 6.79. The van der Waals surface area contributed by atoms with Crippen molar-refractivity contribution < 1.29 is 9.21 Å². The van der Waals surface area contributed by atoms with Gasteiger partial charge in [-0.25, -0.2) is 4.98 Å². The lowest BCUT2D eigenvalue weighted by molar-refractivity contribution is -0.115. The van der Waals surface area contributed by atoms with E-state index in [0.29, 0.717) is 5.13 Å². The van der Waals surface area contributed by atoms with Gasteiger partial charge in [0.2, 0.25) is 5.91 Å². The van der Waals surface area contributed by atoms with E-state index in [1.807, 2.05) is 43.3 Å². The molecule has 0 aliphatic carbocycles. The molecule has 132 valence electrons. The Morgan fingerprint density at radius 1 is 1.15 bits per heavy atom. The molecule has 1 amide bonds. The molecule has 2 heterocycles. The Morgan fingerprint density at radius 2 is 2.04 bits per heavy atom. The Hall–Kier alpha value is -3.18. The minimum atomic E-state index is -0.0959.